The van der Waals surface area contributed by atoms with Crippen LogP contribution in [0.1, 0.15) is 36.8 Å². The Balaban J connectivity index is 1.82. The normalized spacial score (nSPS) is 17.4. The zero-order chi connectivity index (χ0) is 13.7. The molecule has 1 aromatic rings. The largest absolute Gasteiger partial charge is 0.396 e. The van der Waals surface area contributed by atoms with Crippen LogP contribution in [0, 0.1) is 12.3 Å². The Bertz CT molecular complexity index is 419. The minimum Gasteiger partial charge on any atom is -0.396 e. The van der Waals surface area contributed by atoms with Crippen LogP contribution in [-0.2, 0) is 11.2 Å². The van der Waals surface area contributed by atoms with Crippen LogP contribution < -0.4 is 5.32 Å². The van der Waals surface area contributed by atoms with Crippen molar-refractivity contribution in [1.29, 1.82) is 0 Å². The quantitative estimate of drug-likeness (QED) is 0.853. The smallest absolute Gasteiger partial charge is 0.224 e. The number of carbonyl (C=O) groups is 1. The van der Waals surface area contributed by atoms with E-state index in [1.54, 1.807) is 0 Å². The zero-order valence-corrected chi connectivity index (χ0v) is 11.6. The maximum Gasteiger partial charge on any atom is 0.224 e. The lowest BCUT2D eigenvalue weighted by molar-refractivity contribution is -0.121. The summed E-state index contributed by atoms with van der Waals surface area (Å²) in [5, 5.41) is 12.5. The number of aliphatic hydroxyl groups is 1. The Kier molecular flexibility index (Phi) is 4.59. The van der Waals surface area contributed by atoms with E-state index in [0.717, 1.165) is 31.2 Å². The number of rotatable bonds is 5. The van der Waals surface area contributed by atoms with Gasteiger partial charge in [-0.3, -0.25) is 4.79 Å². The summed E-state index contributed by atoms with van der Waals surface area (Å²) in [5.74, 6) is 0.0450. The van der Waals surface area contributed by atoms with Gasteiger partial charge in [0.2, 0.25) is 5.91 Å². The molecule has 1 aliphatic carbocycles. The molecule has 1 saturated carbocycles. The third-order valence-corrected chi connectivity index (χ3v) is 4.15. The van der Waals surface area contributed by atoms with E-state index in [1.165, 1.54) is 5.56 Å². The lowest BCUT2D eigenvalue weighted by atomic mass is 9.87. The van der Waals surface area contributed by atoms with E-state index in [0.29, 0.717) is 13.0 Å². The van der Waals surface area contributed by atoms with E-state index >= 15 is 0 Å². The first-order valence-electron chi connectivity index (χ1n) is 7.07. The van der Waals surface area contributed by atoms with Gasteiger partial charge in [0.25, 0.3) is 0 Å². The molecular weight excluding hydrogens is 238 g/mol. The molecule has 3 heteroatoms. The molecule has 0 aromatic heterocycles. The first kappa shape index (κ1) is 14.1. The summed E-state index contributed by atoms with van der Waals surface area (Å²) in [5.41, 5.74) is 2.17. The van der Waals surface area contributed by atoms with E-state index in [9.17, 15) is 9.90 Å². The molecule has 0 aliphatic heterocycles. The maximum atomic E-state index is 11.9. The fraction of sp³-hybridized carbons (Fsp3) is 0.562. The second kappa shape index (κ2) is 6.20. The Hall–Kier alpha value is -1.35. The fourth-order valence-corrected chi connectivity index (χ4v) is 2.76. The average Bonchev–Trinajstić information content (AvgIpc) is 2.89. The minimum atomic E-state index is -0.0665. The van der Waals surface area contributed by atoms with Crippen molar-refractivity contribution < 1.29 is 9.90 Å². The van der Waals surface area contributed by atoms with E-state index in [2.05, 4.69) is 5.32 Å². The number of hydrogen-bond acceptors (Lipinski definition) is 2. The van der Waals surface area contributed by atoms with Gasteiger partial charge in [-0.25, -0.2) is 0 Å². The predicted molar refractivity (Wildman–Crippen MR) is 75.9 cm³/mol. The third-order valence-electron chi connectivity index (χ3n) is 4.15. The van der Waals surface area contributed by atoms with Gasteiger partial charge < -0.3 is 10.4 Å². The molecule has 0 unspecified atom stereocenters. The molecule has 19 heavy (non-hydrogen) atoms. The van der Waals surface area contributed by atoms with Crippen LogP contribution in [-0.4, -0.2) is 24.2 Å². The number of aliphatic hydroxyl groups excluding tert-OH is 1. The summed E-state index contributed by atoms with van der Waals surface area (Å²) in [6.07, 6.45) is 4.78. The average molecular weight is 261 g/mol. The molecule has 3 nitrogen and oxygen atoms in total. The van der Waals surface area contributed by atoms with Crippen LogP contribution in [0.15, 0.2) is 24.3 Å². The van der Waals surface area contributed by atoms with Gasteiger partial charge >= 0.3 is 0 Å². The first-order chi connectivity index (χ1) is 9.13. The molecule has 2 N–H and O–H groups in total. The van der Waals surface area contributed by atoms with Crippen molar-refractivity contribution >= 4 is 5.91 Å². The van der Waals surface area contributed by atoms with Gasteiger partial charge in [0.15, 0.2) is 0 Å². The lowest BCUT2D eigenvalue weighted by Crippen LogP contribution is -2.38. The Morgan fingerprint density at radius 2 is 1.89 bits per heavy atom. The molecule has 1 amide bonds. The van der Waals surface area contributed by atoms with Crippen LogP contribution in [0.5, 0.6) is 0 Å². The first-order valence-corrected chi connectivity index (χ1v) is 7.07. The third kappa shape index (κ3) is 3.80. The van der Waals surface area contributed by atoms with E-state index in [-0.39, 0.29) is 17.9 Å². The van der Waals surface area contributed by atoms with Crippen LogP contribution in [0.2, 0.25) is 0 Å². The van der Waals surface area contributed by atoms with Crippen LogP contribution in [0.3, 0.4) is 0 Å². The summed E-state index contributed by atoms with van der Waals surface area (Å²) in [6.45, 7) is 2.82. The van der Waals surface area contributed by atoms with Gasteiger partial charge in [0.05, 0.1) is 13.0 Å². The molecule has 0 radical (unpaired) electrons. The topological polar surface area (TPSA) is 49.3 Å². The molecule has 0 spiro atoms. The molecule has 0 bridgehead atoms. The van der Waals surface area contributed by atoms with Gasteiger partial charge in [-0.1, -0.05) is 42.7 Å². The van der Waals surface area contributed by atoms with Crippen molar-refractivity contribution in [3.63, 3.8) is 0 Å². The van der Waals surface area contributed by atoms with E-state index in [1.807, 2.05) is 31.2 Å². The van der Waals surface area contributed by atoms with E-state index < -0.39 is 0 Å². The van der Waals surface area contributed by atoms with Crippen molar-refractivity contribution in [3.05, 3.63) is 35.4 Å². The standard InChI is InChI=1S/C16H23NO2/c1-13-4-6-14(7-5-13)10-15(19)17-11-16(12-18)8-2-3-9-16/h4-7,18H,2-3,8-12H2,1H3,(H,17,19). The number of aryl methyl sites for hydroxylation is 1. The van der Waals surface area contributed by atoms with Crippen LogP contribution in [0.4, 0.5) is 0 Å². The van der Waals surface area contributed by atoms with Crippen molar-refractivity contribution in [3.8, 4) is 0 Å². The summed E-state index contributed by atoms with van der Waals surface area (Å²) >= 11 is 0. The summed E-state index contributed by atoms with van der Waals surface area (Å²) in [7, 11) is 0. The zero-order valence-electron chi connectivity index (χ0n) is 11.6. The lowest BCUT2D eigenvalue weighted by Gasteiger charge is -2.26. The molecular formula is C16H23NO2. The van der Waals surface area contributed by atoms with Crippen LogP contribution in [0.25, 0.3) is 0 Å². The summed E-state index contributed by atoms with van der Waals surface area (Å²) < 4.78 is 0. The monoisotopic (exact) mass is 261 g/mol. The molecule has 1 fully saturated rings. The molecule has 2 rings (SSSR count). The van der Waals surface area contributed by atoms with Gasteiger partial charge in [-0.05, 0) is 25.3 Å². The molecule has 1 aliphatic rings. The molecule has 1 aromatic carbocycles. The van der Waals surface area contributed by atoms with Crippen molar-refractivity contribution in [1.82, 2.24) is 5.32 Å². The number of amides is 1. The Labute approximate surface area is 115 Å². The van der Waals surface area contributed by atoms with Gasteiger partial charge in [-0.2, -0.15) is 0 Å². The highest BCUT2D eigenvalue weighted by molar-refractivity contribution is 5.78. The minimum absolute atomic E-state index is 0.0450. The van der Waals surface area contributed by atoms with E-state index in [4.69, 9.17) is 0 Å². The Morgan fingerprint density at radius 3 is 2.47 bits per heavy atom. The highest BCUT2D eigenvalue weighted by atomic mass is 16.3. The number of benzene rings is 1. The highest BCUT2D eigenvalue weighted by Gasteiger charge is 2.33. The van der Waals surface area contributed by atoms with Crippen molar-refractivity contribution in [2.75, 3.05) is 13.2 Å². The van der Waals surface area contributed by atoms with Gasteiger partial charge in [0.1, 0.15) is 0 Å². The predicted octanol–water partition coefficient (Wildman–Crippen LogP) is 2.21. The second-order valence-electron chi connectivity index (χ2n) is 5.80. The molecule has 0 heterocycles. The molecule has 0 atom stereocenters. The van der Waals surface area contributed by atoms with Gasteiger partial charge in [0, 0.05) is 12.0 Å². The van der Waals surface area contributed by atoms with Crippen molar-refractivity contribution in [2.24, 2.45) is 5.41 Å². The van der Waals surface area contributed by atoms with Crippen LogP contribution >= 0.6 is 0 Å². The molecule has 104 valence electrons. The number of hydrogen-bond donors (Lipinski definition) is 2. The number of carbonyl (C=O) groups excluding carboxylic acids is 1. The SMILES string of the molecule is Cc1ccc(CC(=O)NCC2(CO)CCCC2)cc1. The fourth-order valence-electron chi connectivity index (χ4n) is 2.76. The Morgan fingerprint density at radius 1 is 1.26 bits per heavy atom. The summed E-state index contributed by atoms with van der Waals surface area (Å²) in [4.78, 5) is 11.9. The summed E-state index contributed by atoms with van der Waals surface area (Å²) in [6, 6.07) is 8.03. The van der Waals surface area contributed by atoms with Gasteiger partial charge in [-0.15, -0.1) is 0 Å². The number of nitrogens with one attached hydrogen (secondary N) is 1. The van der Waals surface area contributed by atoms with Crippen molar-refractivity contribution in [2.45, 2.75) is 39.0 Å². The second-order valence-corrected chi connectivity index (χ2v) is 5.80. The highest BCUT2D eigenvalue weighted by Crippen LogP contribution is 2.36. The molecule has 0 saturated heterocycles. The maximum absolute atomic E-state index is 11.9.